The molecule has 20 heavy (non-hydrogen) atoms. The summed E-state index contributed by atoms with van der Waals surface area (Å²) in [5.74, 6) is 0.495. The van der Waals surface area contributed by atoms with Crippen molar-refractivity contribution in [2.45, 2.75) is 32.7 Å². The molecule has 112 valence electrons. The average molecular weight is 277 g/mol. The summed E-state index contributed by atoms with van der Waals surface area (Å²) < 4.78 is 0. The molecule has 0 aliphatic carbocycles. The molecule has 1 fully saturated rings. The van der Waals surface area contributed by atoms with Crippen molar-refractivity contribution < 1.29 is 5.11 Å². The van der Waals surface area contributed by atoms with Crippen LogP contribution in [0.3, 0.4) is 0 Å². The van der Waals surface area contributed by atoms with Gasteiger partial charge in [-0.15, -0.1) is 0 Å². The molecule has 0 aromatic carbocycles. The van der Waals surface area contributed by atoms with E-state index in [1.54, 1.807) is 0 Å². The van der Waals surface area contributed by atoms with Crippen molar-refractivity contribution in [1.82, 2.24) is 14.8 Å². The van der Waals surface area contributed by atoms with Gasteiger partial charge in [0.1, 0.15) is 0 Å². The molecule has 2 rings (SSSR count). The molecule has 4 nitrogen and oxygen atoms in total. The minimum atomic E-state index is 0.264. The molecule has 0 amide bonds. The van der Waals surface area contributed by atoms with Crippen LogP contribution >= 0.6 is 0 Å². The topological polar surface area (TPSA) is 39.6 Å². The number of aliphatic hydroxyl groups excluding tert-OH is 1. The van der Waals surface area contributed by atoms with Crippen molar-refractivity contribution in [2.24, 2.45) is 0 Å². The molecule has 1 N–H and O–H groups in total. The Kier molecular flexibility index (Phi) is 5.95. The summed E-state index contributed by atoms with van der Waals surface area (Å²) in [6, 6.07) is 4.36. The molecular weight excluding hydrogens is 250 g/mol. The lowest BCUT2D eigenvalue weighted by Crippen LogP contribution is -2.32. The summed E-state index contributed by atoms with van der Waals surface area (Å²) in [4.78, 5) is 9.38. The normalized spacial score (nSPS) is 18.4. The van der Waals surface area contributed by atoms with Gasteiger partial charge in [0.25, 0.3) is 0 Å². The van der Waals surface area contributed by atoms with Gasteiger partial charge >= 0.3 is 0 Å². The minimum Gasteiger partial charge on any atom is -0.395 e. The van der Waals surface area contributed by atoms with Crippen molar-refractivity contribution in [3.63, 3.8) is 0 Å². The molecule has 1 saturated heterocycles. The van der Waals surface area contributed by atoms with Crippen molar-refractivity contribution in [3.8, 4) is 0 Å². The molecule has 0 radical (unpaired) electrons. The van der Waals surface area contributed by atoms with Gasteiger partial charge < -0.3 is 5.11 Å². The van der Waals surface area contributed by atoms with Crippen LogP contribution in [0.25, 0.3) is 0 Å². The Morgan fingerprint density at radius 1 is 1.15 bits per heavy atom. The van der Waals surface area contributed by atoms with Crippen LogP contribution in [0.15, 0.2) is 18.3 Å². The second-order valence-corrected chi connectivity index (χ2v) is 5.94. The number of β-amino-alcohol motifs (C(OH)–C–C–N with tert-alkyl or cyclic N) is 1. The number of aromatic nitrogens is 1. The summed E-state index contributed by atoms with van der Waals surface area (Å²) in [5.41, 5.74) is 2.46. The van der Waals surface area contributed by atoms with E-state index >= 15 is 0 Å². The van der Waals surface area contributed by atoms with Crippen molar-refractivity contribution >= 4 is 0 Å². The third-order valence-corrected chi connectivity index (χ3v) is 3.94. The van der Waals surface area contributed by atoms with Crippen LogP contribution in [0.4, 0.5) is 0 Å². The Bertz CT molecular complexity index is 391. The molecule has 1 aliphatic heterocycles. The summed E-state index contributed by atoms with van der Waals surface area (Å²) in [6.07, 6.45) is 3.20. The zero-order chi connectivity index (χ0) is 14.4. The van der Waals surface area contributed by atoms with E-state index in [-0.39, 0.29) is 6.61 Å². The van der Waals surface area contributed by atoms with Crippen LogP contribution in [-0.2, 0) is 6.54 Å². The molecule has 1 aromatic rings. The second kappa shape index (κ2) is 7.72. The first-order chi connectivity index (χ1) is 9.69. The number of rotatable bonds is 5. The maximum atomic E-state index is 9.02. The lowest BCUT2D eigenvalue weighted by Gasteiger charge is -2.21. The first-order valence-electron chi connectivity index (χ1n) is 7.69. The standard InChI is InChI=1S/C16H27N3O/c1-14(2)16-5-4-15(12-17-16)13-19-7-3-6-18(8-9-19)10-11-20/h4-5,12,14,20H,3,6-11,13H2,1-2H3. The van der Waals surface area contributed by atoms with Gasteiger partial charge in [-0.3, -0.25) is 14.8 Å². The van der Waals surface area contributed by atoms with Crippen molar-refractivity contribution in [2.75, 3.05) is 39.3 Å². The molecule has 0 atom stereocenters. The number of nitrogens with zero attached hydrogens (tertiary/aromatic N) is 3. The van der Waals surface area contributed by atoms with E-state index in [1.165, 1.54) is 17.7 Å². The maximum Gasteiger partial charge on any atom is 0.0558 e. The van der Waals surface area contributed by atoms with Gasteiger partial charge in [0, 0.05) is 38.1 Å². The fourth-order valence-electron chi connectivity index (χ4n) is 2.68. The SMILES string of the molecule is CC(C)c1ccc(CN2CCCN(CCO)CC2)cn1. The molecule has 2 heterocycles. The van der Waals surface area contributed by atoms with Gasteiger partial charge in [0.05, 0.1) is 6.61 Å². The summed E-state index contributed by atoms with van der Waals surface area (Å²) >= 11 is 0. The number of hydrogen-bond donors (Lipinski definition) is 1. The quantitative estimate of drug-likeness (QED) is 0.889. The van der Waals surface area contributed by atoms with Crippen LogP contribution in [0.2, 0.25) is 0 Å². The lowest BCUT2D eigenvalue weighted by molar-refractivity contribution is 0.196. The highest BCUT2D eigenvalue weighted by molar-refractivity contribution is 5.16. The molecule has 0 bridgehead atoms. The number of pyridine rings is 1. The third kappa shape index (κ3) is 4.54. The summed E-state index contributed by atoms with van der Waals surface area (Å²) in [5, 5.41) is 9.02. The van der Waals surface area contributed by atoms with Crippen molar-refractivity contribution in [1.29, 1.82) is 0 Å². The number of aliphatic hydroxyl groups is 1. The predicted molar refractivity (Wildman–Crippen MR) is 81.7 cm³/mol. The van der Waals surface area contributed by atoms with Crippen LogP contribution in [-0.4, -0.2) is 59.2 Å². The van der Waals surface area contributed by atoms with E-state index in [0.717, 1.165) is 39.3 Å². The van der Waals surface area contributed by atoms with Crippen LogP contribution < -0.4 is 0 Å². The predicted octanol–water partition coefficient (Wildman–Crippen LogP) is 1.71. The van der Waals surface area contributed by atoms with E-state index in [0.29, 0.717) is 5.92 Å². The second-order valence-electron chi connectivity index (χ2n) is 5.94. The van der Waals surface area contributed by atoms with Gasteiger partial charge in [-0.1, -0.05) is 19.9 Å². The van der Waals surface area contributed by atoms with Gasteiger partial charge in [-0.05, 0) is 37.1 Å². The lowest BCUT2D eigenvalue weighted by atomic mass is 10.1. The van der Waals surface area contributed by atoms with Crippen LogP contribution in [0.1, 0.15) is 37.4 Å². The van der Waals surface area contributed by atoms with E-state index in [1.807, 2.05) is 6.20 Å². The highest BCUT2D eigenvalue weighted by Gasteiger charge is 2.14. The third-order valence-electron chi connectivity index (χ3n) is 3.94. The van der Waals surface area contributed by atoms with Gasteiger partial charge in [-0.25, -0.2) is 0 Å². The zero-order valence-electron chi connectivity index (χ0n) is 12.8. The fraction of sp³-hybridized carbons (Fsp3) is 0.688. The van der Waals surface area contributed by atoms with Gasteiger partial charge in [-0.2, -0.15) is 0 Å². The summed E-state index contributed by atoms with van der Waals surface area (Å²) in [7, 11) is 0. The van der Waals surface area contributed by atoms with Crippen molar-refractivity contribution in [3.05, 3.63) is 29.6 Å². The summed E-state index contributed by atoms with van der Waals surface area (Å²) in [6.45, 7) is 10.8. The molecule has 0 unspecified atom stereocenters. The molecule has 1 aliphatic rings. The first kappa shape index (κ1) is 15.4. The zero-order valence-corrected chi connectivity index (χ0v) is 12.8. The number of hydrogen-bond acceptors (Lipinski definition) is 4. The highest BCUT2D eigenvalue weighted by Crippen LogP contribution is 2.13. The van der Waals surface area contributed by atoms with E-state index in [2.05, 4.69) is 40.8 Å². The minimum absolute atomic E-state index is 0.264. The Morgan fingerprint density at radius 3 is 2.55 bits per heavy atom. The van der Waals surface area contributed by atoms with Crippen LogP contribution in [0.5, 0.6) is 0 Å². The maximum absolute atomic E-state index is 9.02. The van der Waals surface area contributed by atoms with E-state index in [4.69, 9.17) is 5.11 Å². The monoisotopic (exact) mass is 277 g/mol. The Balaban J connectivity index is 1.86. The molecule has 4 heteroatoms. The molecular formula is C16H27N3O. The largest absolute Gasteiger partial charge is 0.395 e. The van der Waals surface area contributed by atoms with Gasteiger partial charge in [0.15, 0.2) is 0 Å². The first-order valence-corrected chi connectivity index (χ1v) is 7.69. The molecule has 1 aromatic heterocycles. The Hall–Kier alpha value is -0.970. The Morgan fingerprint density at radius 2 is 1.90 bits per heavy atom. The van der Waals surface area contributed by atoms with Gasteiger partial charge in [0.2, 0.25) is 0 Å². The fourth-order valence-corrected chi connectivity index (χ4v) is 2.68. The highest BCUT2D eigenvalue weighted by atomic mass is 16.3. The van der Waals surface area contributed by atoms with E-state index in [9.17, 15) is 0 Å². The molecule has 0 spiro atoms. The Labute approximate surface area is 122 Å². The van der Waals surface area contributed by atoms with Crippen LogP contribution in [0, 0.1) is 0 Å². The average Bonchev–Trinajstić information content (AvgIpc) is 2.66. The molecule has 0 saturated carbocycles. The smallest absolute Gasteiger partial charge is 0.0558 e. The van der Waals surface area contributed by atoms with E-state index < -0.39 is 0 Å².